The highest BCUT2D eigenvalue weighted by Gasteiger charge is 2.19. The van der Waals surface area contributed by atoms with Gasteiger partial charge >= 0.3 is 0 Å². The Hall–Kier alpha value is -2.74. The van der Waals surface area contributed by atoms with Gasteiger partial charge in [0.1, 0.15) is 0 Å². The highest BCUT2D eigenvalue weighted by molar-refractivity contribution is 5.80. The third kappa shape index (κ3) is 2.15. The van der Waals surface area contributed by atoms with Gasteiger partial charge in [0.15, 0.2) is 0 Å². The van der Waals surface area contributed by atoms with Gasteiger partial charge in [-0.05, 0) is 35.2 Å². The molecule has 0 aliphatic carbocycles. The van der Waals surface area contributed by atoms with Gasteiger partial charge in [0.2, 0.25) is 0 Å². The zero-order valence-corrected chi connectivity index (χ0v) is 11.6. The number of aromatic nitrogens is 2. The van der Waals surface area contributed by atoms with E-state index in [0.29, 0.717) is 0 Å². The second-order valence-electron chi connectivity index (χ2n) is 5.28. The molecule has 21 heavy (non-hydrogen) atoms. The molecule has 2 aromatic heterocycles. The lowest BCUT2D eigenvalue weighted by Gasteiger charge is -2.15. The lowest BCUT2D eigenvalue weighted by atomic mass is 9.92. The number of fused-ring (bicyclic) bond motifs is 1. The Balaban J connectivity index is 1.90. The quantitative estimate of drug-likeness (QED) is 0.543. The van der Waals surface area contributed by atoms with Gasteiger partial charge in [0.05, 0.1) is 5.92 Å². The van der Waals surface area contributed by atoms with Crippen molar-refractivity contribution in [3.63, 3.8) is 0 Å². The minimum Gasteiger partial charge on any atom is -0.364 e. The van der Waals surface area contributed by atoms with Crippen LogP contribution in [0.3, 0.4) is 0 Å². The summed E-state index contributed by atoms with van der Waals surface area (Å²) in [6, 6.07) is 25.4. The van der Waals surface area contributed by atoms with Crippen molar-refractivity contribution in [1.29, 1.82) is 0 Å². The first-order chi connectivity index (χ1) is 10.4. The molecule has 2 nitrogen and oxygen atoms in total. The van der Waals surface area contributed by atoms with Crippen molar-refractivity contribution in [3.8, 4) is 0 Å². The Morgan fingerprint density at radius 1 is 0.714 bits per heavy atom. The summed E-state index contributed by atoms with van der Waals surface area (Å²) in [6.45, 7) is 0. The van der Waals surface area contributed by atoms with Gasteiger partial charge < -0.3 is 9.97 Å². The van der Waals surface area contributed by atoms with E-state index in [1.807, 2.05) is 12.3 Å². The standard InChI is InChI=1S/C19H16N2/c1-2-7-14(8-3-1)19(17-11-6-12-20-17)18-13-15-9-4-5-10-16(15)21-18/h1-13,19-21H. The first-order valence-electron chi connectivity index (χ1n) is 7.18. The van der Waals surface area contributed by atoms with Crippen LogP contribution in [0.5, 0.6) is 0 Å². The maximum Gasteiger partial charge on any atom is 0.0641 e. The average Bonchev–Trinajstić information content (AvgIpc) is 3.18. The number of H-pyrrole nitrogens is 2. The van der Waals surface area contributed by atoms with Gasteiger partial charge in [-0.25, -0.2) is 0 Å². The molecule has 1 unspecified atom stereocenters. The molecule has 2 N–H and O–H groups in total. The van der Waals surface area contributed by atoms with Crippen LogP contribution in [-0.2, 0) is 0 Å². The average molecular weight is 272 g/mol. The minimum absolute atomic E-state index is 0.202. The second-order valence-corrected chi connectivity index (χ2v) is 5.28. The third-order valence-electron chi connectivity index (χ3n) is 3.93. The Labute approximate surface area is 123 Å². The van der Waals surface area contributed by atoms with Crippen LogP contribution in [0.1, 0.15) is 22.9 Å². The number of hydrogen-bond acceptors (Lipinski definition) is 0. The van der Waals surface area contributed by atoms with Crippen molar-refractivity contribution in [2.45, 2.75) is 5.92 Å². The van der Waals surface area contributed by atoms with E-state index in [4.69, 9.17) is 0 Å². The predicted molar refractivity (Wildman–Crippen MR) is 86.5 cm³/mol. The summed E-state index contributed by atoms with van der Waals surface area (Å²) in [7, 11) is 0. The van der Waals surface area contributed by atoms with Crippen LogP contribution < -0.4 is 0 Å². The normalized spacial score (nSPS) is 12.6. The SMILES string of the molecule is c1ccc(C(c2ccc[nH]2)c2cc3ccccc3[nH]2)cc1. The fraction of sp³-hybridized carbons (Fsp3) is 0.0526. The molecule has 4 aromatic rings. The molecule has 0 amide bonds. The number of rotatable bonds is 3. The van der Waals surface area contributed by atoms with Crippen molar-refractivity contribution in [2.24, 2.45) is 0 Å². The lowest BCUT2D eigenvalue weighted by molar-refractivity contribution is 0.902. The van der Waals surface area contributed by atoms with Gasteiger partial charge in [-0.15, -0.1) is 0 Å². The molecule has 0 radical (unpaired) electrons. The first kappa shape index (κ1) is 12.0. The van der Waals surface area contributed by atoms with Crippen LogP contribution in [-0.4, -0.2) is 9.97 Å². The number of hydrogen-bond donors (Lipinski definition) is 2. The van der Waals surface area contributed by atoms with Gasteiger partial charge in [0, 0.05) is 23.1 Å². The van der Waals surface area contributed by atoms with Crippen molar-refractivity contribution in [3.05, 3.63) is 95.9 Å². The Morgan fingerprint density at radius 3 is 2.29 bits per heavy atom. The van der Waals surface area contributed by atoms with Crippen LogP contribution in [0.25, 0.3) is 10.9 Å². The molecule has 4 rings (SSSR count). The number of aromatic amines is 2. The molecule has 2 aromatic carbocycles. The van der Waals surface area contributed by atoms with E-state index in [0.717, 1.165) is 0 Å². The van der Waals surface area contributed by atoms with Crippen LogP contribution in [0.4, 0.5) is 0 Å². The highest BCUT2D eigenvalue weighted by Crippen LogP contribution is 2.32. The monoisotopic (exact) mass is 272 g/mol. The fourth-order valence-electron chi connectivity index (χ4n) is 2.95. The van der Waals surface area contributed by atoms with E-state index in [-0.39, 0.29) is 5.92 Å². The van der Waals surface area contributed by atoms with Crippen LogP contribution in [0.2, 0.25) is 0 Å². The number of para-hydroxylation sites is 1. The molecule has 1 atom stereocenters. The van der Waals surface area contributed by atoms with Gasteiger partial charge in [-0.3, -0.25) is 0 Å². The van der Waals surface area contributed by atoms with Gasteiger partial charge in [0.25, 0.3) is 0 Å². The van der Waals surface area contributed by atoms with Gasteiger partial charge in [-0.2, -0.15) is 0 Å². The molecule has 0 saturated carbocycles. The van der Waals surface area contributed by atoms with E-state index in [1.54, 1.807) is 0 Å². The summed E-state index contributed by atoms with van der Waals surface area (Å²) < 4.78 is 0. The van der Waals surface area contributed by atoms with E-state index < -0.39 is 0 Å². The Kier molecular flexibility index (Phi) is 2.86. The van der Waals surface area contributed by atoms with E-state index in [9.17, 15) is 0 Å². The van der Waals surface area contributed by atoms with E-state index in [2.05, 4.69) is 76.7 Å². The van der Waals surface area contributed by atoms with Crippen LogP contribution in [0, 0.1) is 0 Å². The van der Waals surface area contributed by atoms with Crippen molar-refractivity contribution < 1.29 is 0 Å². The van der Waals surface area contributed by atoms with Crippen molar-refractivity contribution >= 4 is 10.9 Å². The summed E-state index contributed by atoms with van der Waals surface area (Å²) in [6.07, 6.45) is 1.98. The minimum atomic E-state index is 0.202. The predicted octanol–water partition coefficient (Wildman–Crippen LogP) is 4.68. The molecular weight excluding hydrogens is 256 g/mol. The molecule has 2 heteroatoms. The lowest BCUT2D eigenvalue weighted by Crippen LogP contribution is -2.03. The molecule has 2 heterocycles. The molecule has 0 saturated heterocycles. The second kappa shape index (κ2) is 4.98. The molecule has 102 valence electrons. The van der Waals surface area contributed by atoms with Crippen molar-refractivity contribution in [2.75, 3.05) is 0 Å². The smallest absolute Gasteiger partial charge is 0.0641 e. The number of nitrogens with one attached hydrogen (secondary N) is 2. The summed E-state index contributed by atoms with van der Waals surface area (Å²) in [4.78, 5) is 6.92. The fourth-order valence-corrected chi connectivity index (χ4v) is 2.95. The summed E-state index contributed by atoms with van der Waals surface area (Å²) in [5.74, 6) is 0.202. The Bertz CT molecular complexity index is 809. The van der Waals surface area contributed by atoms with Crippen molar-refractivity contribution in [1.82, 2.24) is 9.97 Å². The first-order valence-corrected chi connectivity index (χ1v) is 7.18. The highest BCUT2D eigenvalue weighted by atomic mass is 14.8. The zero-order chi connectivity index (χ0) is 14.1. The van der Waals surface area contributed by atoms with E-state index in [1.165, 1.54) is 27.9 Å². The summed E-state index contributed by atoms with van der Waals surface area (Å²) in [5.41, 5.74) is 4.88. The van der Waals surface area contributed by atoms with E-state index >= 15 is 0 Å². The zero-order valence-electron chi connectivity index (χ0n) is 11.6. The summed E-state index contributed by atoms with van der Waals surface area (Å²) >= 11 is 0. The molecule has 0 aliphatic rings. The maximum atomic E-state index is 3.56. The largest absolute Gasteiger partial charge is 0.364 e. The molecule has 0 fully saturated rings. The van der Waals surface area contributed by atoms with Crippen LogP contribution in [0.15, 0.2) is 79.0 Å². The van der Waals surface area contributed by atoms with Gasteiger partial charge in [-0.1, -0.05) is 48.5 Å². The molecular formula is C19H16N2. The molecule has 0 aliphatic heterocycles. The van der Waals surface area contributed by atoms with Crippen LogP contribution >= 0.6 is 0 Å². The Morgan fingerprint density at radius 2 is 1.52 bits per heavy atom. The molecule has 0 spiro atoms. The maximum absolute atomic E-state index is 3.56. The summed E-state index contributed by atoms with van der Waals surface area (Å²) in [5, 5.41) is 1.25. The topological polar surface area (TPSA) is 31.6 Å². The molecule has 0 bridgehead atoms. The number of benzene rings is 2. The third-order valence-corrected chi connectivity index (χ3v) is 3.93.